The molecule has 1 saturated heterocycles. The van der Waals surface area contributed by atoms with E-state index < -0.39 is 0 Å². The second-order valence-electron chi connectivity index (χ2n) is 3.68. The topological polar surface area (TPSA) is 9.23 Å². The van der Waals surface area contributed by atoms with Crippen molar-refractivity contribution in [1.29, 1.82) is 0 Å². The van der Waals surface area contributed by atoms with Crippen LogP contribution < -0.4 is 0 Å². The molecule has 1 nitrogen and oxygen atoms in total. The number of rotatable bonds is 1. The van der Waals surface area contributed by atoms with E-state index in [-0.39, 0.29) is 0 Å². The first-order chi connectivity index (χ1) is 7.68. The Morgan fingerprint density at radius 1 is 1.06 bits per heavy atom. The summed E-state index contributed by atoms with van der Waals surface area (Å²) in [5, 5.41) is 0. The summed E-state index contributed by atoms with van der Waals surface area (Å²) in [4.78, 5) is 0. The summed E-state index contributed by atoms with van der Waals surface area (Å²) in [5.41, 5.74) is 0.359. The van der Waals surface area contributed by atoms with Gasteiger partial charge in [-0.25, -0.2) is 0 Å². The van der Waals surface area contributed by atoms with E-state index in [0.717, 1.165) is 26.1 Å². The van der Waals surface area contributed by atoms with Gasteiger partial charge in [-0.05, 0) is 18.3 Å². The van der Waals surface area contributed by atoms with Gasteiger partial charge in [0.1, 0.15) is 0 Å². The fourth-order valence-corrected chi connectivity index (χ4v) is 1.04. The third kappa shape index (κ3) is 13.7. The molecule has 0 bridgehead atoms. The van der Waals surface area contributed by atoms with Crippen molar-refractivity contribution in [3.8, 4) is 0 Å². The molecule has 0 aromatic rings. The molecule has 0 aromatic heterocycles. The van der Waals surface area contributed by atoms with Gasteiger partial charge in [-0.15, -0.1) is 6.58 Å². The minimum absolute atomic E-state index is 0.359. The summed E-state index contributed by atoms with van der Waals surface area (Å²) in [6.07, 6.45) is 5.57. The Labute approximate surface area is 104 Å². The molecule has 0 spiro atoms. The molecule has 0 aliphatic carbocycles. The van der Waals surface area contributed by atoms with Crippen molar-refractivity contribution in [2.45, 2.75) is 67.7 Å². The second kappa shape index (κ2) is 17.1. The summed E-state index contributed by atoms with van der Waals surface area (Å²) in [6.45, 7) is 20.1. The van der Waals surface area contributed by atoms with Crippen LogP contribution in [0.15, 0.2) is 12.7 Å². The molecule has 1 aliphatic heterocycles. The molecule has 1 fully saturated rings. The lowest BCUT2D eigenvalue weighted by Gasteiger charge is -2.29. The van der Waals surface area contributed by atoms with Crippen LogP contribution in [0.5, 0.6) is 0 Å². The second-order valence-corrected chi connectivity index (χ2v) is 3.68. The minimum Gasteiger partial charge on any atom is -0.381 e. The van der Waals surface area contributed by atoms with Crippen LogP contribution in [-0.4, -0.2) is 13.2 Å². The predicted octanol–water partition coefficient (Wildman–Crippen LogP) is 5.46. The molecule has 1 rings (SSSR count). The fourth-order valence-electron chi connectivity index (χ4n) is 1.04. The molecule has 0 radical (unpaired) electrons. The molecule has 0 N–H and O–H groups in total. The van der Waals surface area contributed by atoms with Crippen molar-refractivity contribution in [2.24, 2.45) is 5.41 Å². The fraction of sp³-hybridized carbons (Fsp3) is 0.867. The number of allylic oxidation sites excluding steroid dienone is 1. The Morgan fingerprint density at radius 3 is 1.56 bits per heavy atom. The van der Waals surface area contributed by atoms with Gasteiger partial charge < -0.3 is 4.74 Å². The third-order valence-corrected chi connectivity index (χ3v) is 2.13. The maximum atomic E-state index is 5.22. The standard InChI is InChI=1S/C8H14O.C3H8.2C2H6/c1-3-8(2)4-6-9-7-5-8;1-3-2;2*1-2/h3H,1,4-7H2,2H3;3H2,1-2H3;2*1-2H3. The lowest BCUT2D eigenvalue weighted by Crippen LogP contribution is -2.23. The molecule has 0 atom stereocenters. The molecule has 0 saturated carbocycles. The maximum Gasteiger partial charge on any atom is 0.0474 e. The Bertz CT molecular complexity index is 113. The molecule has 16 heavy (non-hydrogen) atoms. The van der Waals surface area contributed by atoms with Gasteiger partial charge in [0, 0.05) is 13.2 Å². The molecule has 1 aliphatic rings. The van der Waals surface area contributed by atoms with Gasteiger partial charge in [-0.1, -0.05) is 61.0 Å². The van der Waals surface area contributed by atoms with E-state index in [9.17, 15) is 0 Å². The highest BCUT2D eigenvalue weighted by Gasteiger charge is 2.22. The highest BCUT2D eigenvalue weighted by atomic mass is 16.5. The van der Waals surface area contributed by atoms with E-state index in [2.05, 4.69) is 33.4 Å². The van der Waals surface area contributed by atoms with Crippen molar-refractivity contribution in [3.63, 3.8) is 0 Å². The van der Waals surface area contributed by atoms with E-state index in [1.54, 1.807) is 0 Å². The van der Waals surface area contributed by atoms with Crippen molar-refractivity contribution in [1.82, 2.24) is 0 Å². The number of hydrogen-bond donors (Lipinski definition) is 0. The van der Waals surface area contributed by atoms with E-state index in [1.807, 2.05) is 27.7 Å². The highest BCUT2D eigenvalue weighted by molar-refractivity contribution is 4.92. The zero-order chi connectivity index (χ0) is 13.4. The van der Waals surface area contributed by atoms with Crippen LogP contribution in [0, 0.1) is 5.41 Å². The molecule has 0 unspecified atom stereocenters. The van der Waals surface area contributed by atoms with E-state index in [1.165, 1.54) is 6.42 Å². The summed E-state index contributed by atoms with van der Waals surface area (Å²) in [6, 6.07) is 0. The minimum atomic E-state index is 0.359. The quantitative estimate of drug-likeness (QED) is 0.544. The molecular weight excluding hydrogens is 196 g/mol. The van der Waals surface area contributed by atoms with Crippen LogP contribution >= 0.6 is 0 Å². The van der Waals surface area contributed by atoms with Gasteiger partial charge in [-0.3, -0.25) is 0 Å². The molecule has 100 valence electrons. The van der Waals surface area contributed by atoms with Gasteiger partial charge in [-0.2, -0.15) is 0 Å². The Morgan fingerprint density at radius 2 is 1.38 bits per heavy atom. The zero-order valence-electron chi connectivity index (χ0n) is 12.7. The maximum absolute atomic E-state index is 5.22. The van der Waals surface area contributed by atoms with Crippen molar-refractivity contribution < 1.29 is 4.74 Å². The molecule has 1 heteroatoms. The lowest BCUT2D eigenvalue weighted by atomic mass is 9.83. The normalized spacial score (nSPS) is 16.2. The van der Waals surface area contributed by atoms with Crippen LogP contribution in [-0.2, 0) is 4.74 Å². The average Bonchev–Trinajstić information content (AvgIpc) is 2.36. The van der Waals surface area contributed by atoms with Gasteiger partial charge in [0.15, 0.2) is 0 Å². The van der Waals surface area contributed by atoms with Crippen LogP contribution in [0.25, 0.3) is 0 Å². The highest BCUT2D eigenvalue weighted by Crippen LogP contribution is 2.30. The van der Waals surface area contributed by atoms with Crippen LogP contribution in [0.3, 0.4) is 0 Å². The predicted molar refractivity (Wildman–Crippen MR) is 77.0 cm³/mol. The lowest BCUT2D eigenvalue weighted by molar-refractivity contribution is 0.0451. The summed E-state index contributed by atoms with van der Waals surface area (Å²) < 4.78 is 5.22. The van der Waals surface area contributed by atoms with Gasteiger partial charge in [0.05, 0.1) is 0 Å². The SMILES string of the molecule is C=CC1(C)CCOCC1.CC.CC.CCC. The first-order valence-electron chi connectivity index (χ1n) is 6.90. The molecular formula is C15H34O. The summed E-state index contributed by atoms with van der Waals surface area (Å²) in [5.74, 6) is 0. The zero-order valence-corrected chi connectivity index (χ0v) is 12.7. The third-order valence-electron chi connectivity index (χ3n) is 2.13. The number of ether oxygens (including phenoxy) is 1. The Kier molecular flexibility index (Phi) is 22.5. The van der Waals surface area contributed by atoms with Crippen molar-refractivity contribution in [2.75, 3.05) is 13.2 Å². The van der Waals surface area contributed by atoms with Crippen LogP contribution in [0.1, 0.15) is 67.7 Å². The summed E-state index contributed by atoms with van der Waals surface area (Å²) >= 11 is 0. The molecule has 0 amide bonds. The van der Waals surface area contributed by atoms with E-state index in [4.69, 9.17) is 4.74 Å². The van der Waals surface area contributed by atoms with Crippen molar-refractivity contribution in [3.05, 3.63) is 12.7 Å². The monoisotopic (exact) mass is 230 g/mol. The van der Waals surface area contributed by atoms with Gasteiger partial charge in [0.2, 0.25) is 0 Å². The van der Waals surface area contributed by atoms with Gasteiger partial charge in [0.25, 0.3) is 0 Å². The van der Waals surface area contributed by atoms with E-state index in [0.29, 0.717) is 5.41 Å². The van der Waals surface area contributed by atoms with Crippen molar-refractivity contribution >= 4 is 0 Å². The van der Waals surface area contributed by atoms with Crippen LogP contribution in [0.4, 0.5) is 0 Å². The average molecular weight is 230 g/mol. The first-order valence-corrected chi connectivity index (χ1v) is 6.90. The van der Waals surface area contributed by atoms with E-state index >= 15 is 0 Å². The van der Waals surface area contributed by atoms with Crippen LogP contribution in [0.2, 0.25) is 0 Å². The largest absolute Gasteiger partial charge is 0.381 e. The molecule has 0 aromatic carbocycles. The molecule has 1 heterocycles. The summed E-state index contributed by atoms with van der Waals surface area (Å²) in [7, 11) is 0. The Hall–Kier alpha value is -0.300. The first kappa shape index (κ1) is 21.0. The smallest absolute Gasteiger partial charge is 0.0474 e. The Balaban J connectivity index is -0.000000206. The number of hydrogen-bond acceptors (Lipinski definition) is 1. The van der Waals surface area contributed by atoms with Gasteiger partial charge >= 0.3 is 0 Å².